The fraction of sp³-hybridized carbons (Fsp3) is 0.273. The van der Waals surface area contributed by atoms with Crippen molar-refractivity contribution in [2.45, 2.75) is 6.42 Å². The minimum Gasteiger partial charge on any atom is -0.383 e. The van der Waals surface area contributed by atoms with Gasteiger partial charge < -0.3 is 11.1 Å². The Kier molecular flexibility index (Phi) is 3.50. The van der Waals surface area contributed by atoms with Gasteiger partial charge in [0, 0.05) is 6.54 Å². The van der Waals surface area contributed by atoms with E-state index in [-0.39, 0.29) is 0 Å². The number of hydrogen-bond acceptors (Lipinski definition) is 4. The molecule has 0 aliphatic heterocycles. The Bertz CT molecular complexity index is 424. The standard InChI is InChI=1S/C11H15N5/c12-6-3-7-14-10-4-1-2-5-11(10)16-9-13-8-15-16/h1-2,4-5,8-9,14H,3,6-7,12H2. The van der Waals surface area contributed by atoms with Gasteiger partial charge in [-0.15, -0.1) is 0 Å². The molecule has 0 radical (unpaired) electrons. The Morgan fingerprint density at radius 2 is 2.19 bits per heavy atom. The van der Waals surface area contributed by atoms with Gasteiger partial charge in [0.2, 0.25) is 0 Å². The third-order valence-corrected chi connectivity index (χ3v) is 2.27. The highest BCUT2D eigenvalue weighted by Crippen LogP contribution is 2.18. The summed E-state index contributed by atoms with van der Waals surface area (Å²) in [4.78, 5) is 3.94. The van der Waals surface area contributed by atoms with Crippen molar-refractivity contribution in [1.29, 1.82) is 0 Å². The summed E-state index contributed by atoms with van der Waals surface area (Å²) in [5.41, 5.74) is 7.50. The second-order valence-electron chi connectivity index (χ2n) is 3.43. The zero-order valence-electron chi connectivity index (χ0n) is 9.00. The lowest BCUT2D eigenvalue weighted by atomic mass is 10.2. The number of nitrogens with one attached hydrogen (secondary N) is 1. The first-order valence-electron chi connectivity index (χ1n) is 5.30. The Balaban J connectivity index is 2.18. The van der Waals surface area contributed by atoms with Crippen molar-refractivity contribution in [2.24, 2.45) is 5.73 Å². The van der Waals surface area contributed by atoms with Crippen LogP contribution in [0.25, 0.3) is 5.69 Å². The van der Waals surface area contributed by atoms with Crippen LogP contribution in [0.3, 0.4) is 0 Å². The van der Waals surface area contributed by atoms with Crippen LogP contribution in [0.1, 0.15) is 6.42 Å². The number of benzene rings is 1. The summed E-state index contributed by atoms with van der Waals surface area (Å²) in [5, 5.41) is 7.45. The molecule has 0 amide bonds. The molecule has 0 atom stereocenters. The molecular formula is C11H15N5. The maximum atomic E-state index is 5.46. The van der Waals surface area contributed by atoms with Gasteiger partial charge in [-0.2, -0.15) is 5.10 Å². The molecule has 0 fully saturated rings. The first-order chi connectivity index (χ1) is 7.92. The maximum absolute atomic E-state index is 5.46. The van der Waals surface area contributed by atoms with E-state index in [1.54, 1.807) is 11.0 Å². The lowest BCUT2D eigenvalue weighted by Gasteiger charge is -2.10. The SMILES string of the molecule is NCCCNc1ccccc1-n1cncn1. The molecule has 3 N–H and O–H groups in total. The maximum Gasteiger partial charge on any atom is 0.138 e. The van der Waals surface area contributed by atoms with Crippen molar-refractivity contribution in [3.05, 3.63) is 36.9 Å². The molecule has 0 spiro atoms. The zero-order chi connectivity index (χ0) is 11.2. The number of rotatable bonds is 5. The van der Waals surface area contributed by atoms with E-state index in [2.05, 4.69) is 15.4 Å². The molecule has 0 aliphatic rings. The summed E-state index contributed by atoms with van der Waals surface area (Å²) in [6.45, 7) is 1.56. The van der Waals surface area contributed by atoms with Crippen molar-refractivity contribution >= 4 is 5.69 Å². The molecule has 1 heterocycles. The molecule has 0 saturated carbocycles. The number of para-hydroxylation sites is 2. The van der Waals surface area contributed by atoms with Gasteiger partial charge >= 0.3 is 0 Å². The molecule has 84 valence electrons. The van der Waals surface area contributed by atoms with Gasteiger partial charge in [-0.3, -0.25) is 0 Å². The van der Waals surface area contributed by atoms with Crippen LogP contribution in [0.2, 0.25) is 0 Å². The van der Waals surface area contributed by atoms with Crippen molar-refractivity contribution in [3.8, 4) is 5.69 Å². The van der Waals surface area contributed by atoms with Crippen LogP contribution in [0.4, 0.5) is 5.69 Å². The molecule has 0 unspecified atom stereocenters. The average molecular weight is 217 g/mol. The molecule has 2 rings (SSSR count). The second-order valence-corrected chi connectivity index (χ2v) is 3.43. The predicted molar refractivity (Wildman–Crippen MR) is 63.5 cm³/mol. The third-order valence-electron chi connectivity index (χ3n) is 2.27. The van der Waals surface area contributed by atoms with Gasteiger partial charge in [0.05, 0.1) is 11.4 Å². The summed E-state index contributed by atoms with van der Waals surface area (Å²) in [6.07, 6.45) is 4.16. The van der Waals surface area contributed by atoms with E-state index in [0.717, 1.165) is 24.3 Å². The predicted octanol–water partition coefficient (Wildman–Crippen LogP) is 1.03. The molecule has 0 saturated heterocycles. The highest BCUT2D eigenvalue weighted by atomic mass is 15.3. The van der Waals surface area contributed by atoms with E-state index in [0.29, 0.717) is 6.54 Å². The van der Waals surface area contributed by atoms with Crippen LogP contribution in [0.15, 0.2) is 36.9 Å². The molecule has 0 bridgehead atoms. The smallest absolute Gasteiger partial charge is 0.138 e. The van der Waals surface area contributed by atoms with Gasteiger partial charge in [-0.05, 0) is 25.1 Å². The van der Waals surface area contributed by atoms with E-state index in [1.165, 1.54) is 6.33 Å². The first kappa shape index (κ1) is 10.6. The van der Waals surface area contributed by atoms with Crippen molar-refractivity contribution in [3.63, 3.8) is 0 Å². The number of aromatic nitrogens is 3. The van der Waals surface area contributed by atoms with E-state index in [1.807, 2.05) is 24.3 Å². The van der Waals surface area contributed by atoms with Gasteiger partial charge in [-0.1, -0.05) is 12.1 Å². The first-order valence-corrected chi connectivity index (χ1v) is 5.30. The Hall–Kier alpha value is -1.88. The average Bonchev–Trinajstić information content (AvgIpc) is 2.83. The second kappa shape index (κ2) is 5.27. The number of hydrogen-bond donors (Lipinski definition) is 2. The van der Waals surface area contributed by atoms with Crippen LogP contribution in [0, 0.1) is 0 Å². The largest absolute Gasteiger partial charge is 0.383 e. The fourth-order valence-corrected chi connectivity index (χ4v) is 1.48. The van der Waals surface area contributed by atoms with Crippen molar-refractivity contribution in [2.75, 3.05) is 18.4 Å². The van der Waals surface area contributed by atoms with Gasteiger partial charge in [0.1, 0.15) is 12.7 Å². The summed E-state index contributed by atoms with van der Waals surface area (Å²) in [5.74, 6) is 0. The Morgan fingerprint density at radius 3 is 2.94 bits per heavy atom. The van der Waals surface area contributed by atoms with Gasteiger partial charge in [0.25, 0.3) is 0 Å². The van der Waals surface area contributed by atoms with Crippen LogP contribution >= 0.6 is 0 Å². The minimum absolute atomic E-state index is 0.693. The monoisotopic (exact) mass is 217 g/mol. The topological polar surface area (TPSA) is 68.8 Å². The fourth-order valence-electron chi connectivity index (χ4n) is 1.48. The van der Waals surface area contributed by atoms with Crippen molar-refractivity contribution < 1.29 is 0 Å². The summed E-state index contributed by atoms with van der Waals surface area (Å²) >= 11 is 0. The lowest BCUT2D eigenvalue weighted by Crippen LogP contribution is -2.10. The van der Waals surface area contributed by atoms with Gasteiger partial charge in [-0.25, -0.2) is 9.67 Å². The number of nitrogens with two attached hydrogens (primary N) is 1. The molecule has 5 nitrogen and oxygen atoms in total. The summed E-state index contributed by atoms with van der Waals surface area (Å²) in [7, 11) is 0. The highest BCUT2D eigenvalue weighted by molar-refractivity contribution is 5.60. The Labute approximate surface area is 94.3 Å². The number of nitrogens with zero attached hydrogens (tertiary/aromatic N) is 3. The lowest BCUT2D eigenvalue weighted by molar-refractivity contribution is 0.857. The van der Waals surface area contributed by atoms with E-state index >= 15 is 0 Å². The van der Waals surface area contributed by atoms with Crippen LogP contribution in [0.5, 0.6) is 0 Å². The van der Waals surface area contributed by atoms with Crippen LogP contribution < -0.4 is 11.1 Å². The molecule has 2 aromatic rings. The summed E-state index contributed by atoms with van der Waals surface area (Å²) in [6, 6.07) is 7.99. The highest BCUT2D eigenvalue weighted by Gasteiger charge is 2.02. The summed E-state index contributed by atoms with van der Waals surface area (Å²) < 4.78 is 1.74. The quantitative estimate of drug-likeness (QED) is 0.734. The zero-order valence-corrected chi connectivity index (χ0v) is 9.00. The van der Waals surface area contributed by atoms with Gasteiger partial charge in [0.15, 0.2) is 0 Å². The van der Waals surface area contributed by atoms with Crippen LogP contribution in [-0.2, 0) is 0 Å². The molecule has 1 aromatic carbocycles. The van der Waals surface area contributed by atoms with E-state index in [9.17, 15) is 0 Å². The molecule has 5 heteroatoms. The normalized spacial score (nSPS) is 10.3. The third kappa shape index (κ3) is 2.38. The van der Waals surface area contributed by atoms with Crippen molar-refractivity contribution in [1.82, 2.24) is 14.8 Å². The Morgan fingerprint density at radius 1 is 1.31 bits per heavy atom. The molecule has 0 aliphatic carbocycles. The van der Waals surface area contributed by atoms with Crippen LogP contribution in [-0.4, -0.2) is 27.9 Å². The number of anilines is 1. The van der Waals surface area contributed by atoms with E-state index < -0.39 is 0 Å². The molecular weight excluding hydrogens is 202 g/mol. The van der Waals surface area contributed by atoms with E-state index in [4.69, 9.17) is 5.73 Å². The molecule has 1 aromatic heterocycles. The molecule has 16 heavy (non-hydrogen) atoms. The minimum atomic E-state index is 0.693.